The van der Waals surface area contributed by atoms with Crippen molar-refractivity contribution in [2.75, 3.05) is 0 Å². The third-order valence-corrected chi connectivity index (χ3v) is 8.25. The summed E-state index contributed by atoms with van der Waals surface area (Å²) in [6, 6.07) is 39.7. The Morgan fingerprint density at radius 3 is 2.21 bits per heavy atom. The number of benzene rings is 5. The number of para-hydroxylation sites is 2. The molecular formula is C36H28N3+. The third kappa shape index (κ3) is 3.26. The summed E-state index contributed by atoms with van der Waals surface area (Å²) in [6.45, 7) is 5.42. The summed E-state index contributed by atoms with van der Waals surface area (Å²) in [4.78, 5) is 0. The summed E-state index contributed by atoms with van der Waals surface area (Å²) in [5.41, 5.74) is 12.7. The van der Waals surface area contributed by atoms with Crippen molar-refractivity contribution in [3.05, 3.63) is 138 Å². The lowest BCUT2D eigenvalue weighted by Gasteiger charge is -2.12. The molecule has 0 saturated heterocycles. The Hall–Kier alpha value is -4.89. The molecule has 1 aliphatic rings. The van der Waals surface area contributed by atoms with Crippen LogP contribution in [0.1, 0.15) is 16.7 Å². The predicted molar refractivity (Wildman–Crippen MR) is 160 cm³/mol. The fourth-order valence-electron chi connectivity index (χ4n) is 6.59. The van der Waals surface area contributed by atoms with Gasteiger partial charge in [0.25, 0.3) is 5.82 Å². The lowest BCUT2D eigenvalue weighted by Crippen LogP contribution is -2.30. The van der Waals surface area contributed by atoms with Crippen molar-refractivity contribution in [1.82, 2.24) is 9.13 Å². The van der Waals surface area contributed by atoms with E-state index in [-0.39, 0.29) is 0 Å². The first-order chi connectivity index (χ1) is 19.2. The van der Waals surface area contributed by atoms with Crippen LogP contribution in [0.3, 0.4) is 0 Å². The van der Waals surface area contributed by atoms with Crippen LogP contribution in [0, 0.1) is 13.8 Å². The molecule has 7 aromatic rings. The molecule has 2 aromatic heterocycles. The van der Waals surface area contributed by atoms with E-state index in [1.54, 1.807) is 0 Å². The van der Waals surface area contributed by atoms with Crippen molar-refractivity contribution in [2.24, 2.45) is 0 Å². The first kappa shape index (κ1) is 22.1. The second kappa shape index (κ2) is 8.31. The molecule has 39 heavy (non-hydrogen) atoms. The fraction of sp³-hybridized carbons (Fsp3) is 0.0833. The highest BCUT2D eigenvalue weighted by Crippen LogP contribution is 2.37. The second-order valence-electron chi connectivity index (χ2n) is 10.7. The quantitative estimate of drug-likeness (QED) is 0.216. The number of nitrogens with zero attached hydrogens (tertiary/aromatic N) is 3. The van der Waals surface area contributed by atoms with Crippen LogP contribution >= 0.6 is 0 Å². The van der Waals surface area contributed by atoms with Gasteiger partial charge < -0.3 is 4.57 Å². The summed E-state index contributed by atoms with van der Waals surface area (Å²) in [6.07, 6.45) is 4.42. The van der Waals surface area contributed by atoms with Crippen LogP contribution in [0.15, 0.2) is 122 Å². The molecule has 5 aromatic carbocycles. The van der Waals surface area contributed by atoms with Gasteiger partial charge in [0.15, 0.2) is 0 Å². The molecule has 0 spiro atoms. The molecule has 0 aliphatic carbocycles. The van der Waals surface area contributed by atoms with E-state index in [0.717, 1.165) is 6.54 Å². The van der Waals surface area contributed by atoms with E-state index in [1.807, 2.05) is 0 Å². The molecule has 0 N–H and O–H groups in total. The van der Waals surface area contributed by atoms with Crippen molar-refractivity contribution in [3.63, 3.8) is 0 Å². The topological polar surface area (TPSA) is 13.7 Å². The molecule has 3 heterocycles. The molecule has 3 nitrogen and oxygen atoms in total. The molecule has 0 atom stereocenters. The Labute approximate surface area is 227 Å². The predicted octanol–water partition coefficient (Wildman–Crippen LogP) is 8.17. The first-order valence-electron chi connectivity index (χ1n) is 13.6. The Morgan fingerprint density at radius 2 is 1.36 bits per heavy atom. The number of aryl methyl sites for hydroxylation is 2. The van der Waals surface area contributed by atoms with Crippen molar-refractivity contribution < 1.29 is 4.57 Å². The van der Waals surface area contributed by atoms with Gasteiger partial charge in [0.1, 0.15) is 24.6 Å². The van der Waals surface area contributed by atoms with Gasteiger partial charge in [-0.2, -0.15) is 4.57 Å². The van der Waals surface area contributed by atoms with E-state index < -0.39 is 0 Å². The summed E-state index contributed by atoms with van der Waals surface area (Å²) in [5.74, 6) is 1.26. The van der Waals surface area contributed by atoms with Crippen molar-refractivity contribution >= 4 is 21.8 Å². The smallest absolute Gasteiger partial charge is 0.294 e. The van der Waals surface area contributed by atoms with Crippen molar-refractivity contribution in [1.29, 1.82) is 0 Å². The molecule has 0 amide bonds. The number of fused-ring (bicyclic) bond motifs is 6. The summed E-state index contributed by atoms with van der Waals surface area (Å²) in [5, 5.41) is 2.56. The molecule has 1 aliphatic heterocycles. The van der Waals surface area contributed by atoms with Gasteiger partial charge in [-0.05, 0) is 84.6 Å². The normalized spacial score (nSPS) is 12.3. The zero-order valence-corrected chi connectivity index (χ0v) is 22.1. The van der Waals surface area contributed by atoms with Crippen molar-refractivity contribution in [3.8, 4) is 33.9 Å². The van der Waals surface area contributed by atoms with E-state index in [1.165, 1.54) is 72.4 Å². The molecule has 186 valence electrons. The lowest BCUT2D eigenvalue weighted by molar-refractivity contribution is -0.671. The summed E-state index contributed by atoms with van der Waals surface area (Å²) >= 11 is 0. The van der Waals surface area contributed by atoms with E-state index in [4.69, 9.17) is 0 Å². The number of rotatable bonds is 3. The number of hydrogen-bond acceptors (Lipinski definition) is 0. The fourth-order valence-corrected chi connectivity index (χ4v) is 6.59. The highest BCUT2D eigenvalue weighted by atomic mass is 15.2. The van der Waals surface area contributed by atoms with E-state index in [2.05, 4.69) is 149 Å². The van der Waals surface area contributed by atoms with Crippen LogP contribution in [0.5, 0.6) is 0 Å². The van der Waals surface area contributed by atoms with Crippen LogP contribution in [-0.2, 0) is 6.54 Å². The van der Waals surface area contributed by atoms with Gasteiger partial charge in [0.2, 0.25) is 0 Å². The zero-order chi connectivity index (χ0) is 26.1. The molecule has 0 radical (unpaired) electrons. The van der Waals surface area contributed by atoms with Crippen LogP contribution in [0.4, 0.5) is 0 Å². The molecule has 0 bridgehead atoms. The van der Waals surface area contributed by atoms with Crippen LogP contribution in [-0.4, -0.2) is 9.13 Å². The van der Waals surface area contributed by atoms with Gasteiger partial charge in [0, 0.05) is 22.0 Å². The maximum atomic E-state index is 2.37. The standard InChI is InChI=1S/C36H28N3/c1-24-20-28(21-25(2)35(24)38-19-18-37-23-27-10-6-7-13-30(27)36(37)38)26-16-17-34-32(22-26)31-14-8-9-15-33(31)39(34)29-11-4-3-5-12-29/h3-22H,23H2,1-2H3/q+1. The molecular weight excluding hydrogens is 474 g/mol. The highest BCUT2D eigenvalue weighted by Gasteiger charge is 2.31. The minimum absolute atomic E-state index is 0.936. The summed E-state index contributed by atoms with van der Waals surface area (Å²) < 4.78 is 7.10. The monoisotopic (exact) mass is 502 g/mol. The zero-order valence-electron chi connectivity index (χ0n) is 22.1. The largest absolute Gasteiger partial charge is 0.309 e. The molecule has 3 heteroatoms. The van der Waals surface area contributed by atoms with E-state index >= 15 is 0 Å². The molecule has 8 rings (SSSR count). The Morgan fingerprint density at radius 1 is 0.641 bits per heavy atom. The van der Waals surface area contributed by atoms with Gasteiger partial charge in [-0.15, -0.1) is 0 Å². The minimum atomic E-state index is 0.936. The van der Waals surface area contributed by atoms with E-state index in [9.17, 15) is 0 Å². The Bertz CT molecular complexity index is 2030. The third-order valence-electron chi connectivity index (χ3n) is 8.25. The van der Waals surface area contributed by atoms with Gasteiger partial charge in [-0.25, -0.2) is 4.57 Å². The lowest BCUT2D eigenvalue weighted by atomic mass is 9.97. The van der Waals surface area contributed by atoms with Gasteiger partial charge in [-0.3, -0.25) is 0 Å². The molecule has 0 unspecified atom stereocenters. The Kier molecular flexibility index (Phi) is 4.71. The first-order valence-corrected chi connectivity index (χ1v) is 13.6. The van der Waals surface area contributed by atoms with Gasteiger partial charge >= 0.3 is 0 Å². The molecule has 0 saturated carbocycles. The average molecular weight is 503 g/mol. The van der Waals surface area contributed by atoms with Crippen LogP contribution in [0.25, 0.3) is 55.7 Å². The second-order valence-corrected chi connectivity index (χ2v) is 10.7. The number of aromatic nitrogens is 3. The molecule has 0 fully saturated rings. The average Bonchev–Trinajstić information content (AvgIpc) is 3.63. The Balaban J connectivity index is 1.28. The van der Waals surface area contributed by atoms with E-state index in [0.29, 0.717) is 0 Å². The summed E-state index contributed by atoms with van der Waals surface area (Å²) in [7, 11) is 0. The minimum Gasteiger partial charge on any atom is -0.309 e. The number of imidazole rings is 1. The van der Waals surface area contributed by atoms with Gasteiger partial charge in [-0.1, -0.05) is 60.7 Å². The SMILES string of the molecule is Cc1cc(-c2ccc3c(c2)c2ccccc2n3-c2ccccc2)cc(C)c1-n1cc[n+]2c1-c1ccccc1C2. The van der Waals surface area contributed by atoms with Crippen LogP contribution in [0.2, 0.25) is 0 Å². The number of hydrogen-bond donors (Lipinski definition) is 0. The maximum absolute atomic E-state index is 2.37. The maximum Gasteiger partial charge on any atom is 0.294 e. The van der Waals surface area contributed by atoms with Gasteiger partial charge in [0.05, 0.1) is 16.6 Å². The highest BCUT2D eigenvalue weighted by molar-refractivity contribution is 6.10. The van der Waals surface area contributed by atoms with Crippen LogP contribution < -0.4 is 4.57 Å². The van der Waals surface area contributed by atoms with Crippen molar-refractivity contribution in [2.45, 2.75) is 20.4 Å².